The van der Waals surface area contributed by atoms with Crippen LogP contribution >= 0.6 is 22.7 Å². The van der Waals surface area contributed by atoms with Crippen LogP contribution in [0.2, 0.25) is 0 Å². The van der Waals surface area contributed by atoms with Crippen molar-refractivity contribution in [1.82, 2.24) is 4.57 Å². The summed E-state index contributed by atoms with van der Waals surface area (Å²) in [5.41, 5.74) is 14.8. The fraction of sp³-hybridized carbons (Fsp3) is 0.0526. The standard InChI is InChI=1S/C57H38N2S2/c1-57(2)49-20-10-6-16-40(49)41-28-25-37(33-50(41)57)59-51-21-11-7-17-42(51)43-27-24-35(30-52(43)59)47-31-39(32-48-45-19-9-13-23-54(45)61-56(47)48)58(36-14-4-3-5-15-36)38-26-29-46-44-18-8-12-22-53(44)60-55(46)34-38/h3-34H,1-2H3. The highest BCUT2D eigenvalue weighted by molar-refractivity contribution is 7.26. The third-order valence-corrected chi connectivity index (χ3v) is 15.5. The molecule has 0 fully saturated rings. The Bertz CT molecular complexity index is 3750. The second-order valence-electron chi connectivity index (χ2n) is 16.9. The van der Waals surface area contributed by atoms with Crippen molar-refractivity contribution >= 4 is 102 Å². The Labute approximate surface area is 361 Å². The first-order valence-electron chi connectivity index (χ1n) is 21.0. The SMILES string of the molecule is CC1(C)c2ccccc2-c2ccc(-n3c4ccccc4c4ccc(-c5cc(N(c6ccccc6)c6ccc7c(c6)sc6ccccc67)cc6c5sc5ccccc56)cc43)cc21. The molecule has 0 radical (unpaired) electrons. The number of hydrogen-bond donors (Lipinski definition) is 0. The monoisotopic (exact) mass is 814 g/mol. The van der Waals surface area contributed by atoms with E-state index in [1.54, 1.807) is 0 Å². The minimum absolute atomic E-state index is 0.0921. The molecule has 0 saturated heterocycles. The van der Waals surface area contributed by atoms with Gasteiger partial charge >= 0.3 is 0 Å². The normalized spacial score (nSPS) is 13.2. The molecule has 61 heavy (non-hydrogen) atoms. The Hall–Kier alpha value is -6.98. The van der Waals surface area contributed by atoms with Crippen molar-refractivity contribution in [2.24, 2.45) is 0 Å². The summed E-state index contributed by atoms with van der Waals surface area (Å²) in [6.07, 6.45) is 0. The summed E-state index contributed by atoms with van der Waals surface area (Å²) in [4.78, 5) is 2.44. The quantitative estimate of drug-likeness (QED) is 0.168. The van der Waals surface area contributed by atoms with Gasteiger partial charge in [0.15, 0.2) is 0 Å². The fourth-order valence-corrected chi connectivity index (χ4v) is 12.6. The van der Waals surface area contributed by atoms with Crippen LogP contribution in [0, 0.1) is 0 Å². The molecule has 3 heterocycles. The second kappa shape index (κ2) is 13.0. The molecule has 13 rings (SSSR count). The first kappa shape index (κ1) is 34.8. The Balaban J connectivity index is 1.05. The van der Waals surface area contributed by atoms with Crippen molar-refractivity contribution < 1.29 is 0 Å². The molecular weight excluding hydrogens is 777 g/mol. The lowest BCUT2D eigenvalue weighted by Gasteiger charge is -2.26. The van der Waals surface area contributed by atoms with Crippen LogP contribution in [0.4, 0.5) is 17.1 Å². The van der Waals surface area contributed by atoms with Crippen LogP contribution in [0.3, 0.4) is 0 Å². The lowest BCUT2D eigenvalue weighted by molar-refractivity contribution is 0.660. The molecule has 1 aliphatic rings. The Morgan fingerprint density at radius 2 is 1.05 bits per heavy atom. The minimum Gasteiger partial charge on any atom is -0.310 e. The predicted molar refractivity (Wildman–Crippen MR) is 264 cm³/mol. The van der Waals surface area contributed by atoms with E-state index in [4.69, 9.17) is 0 Å². The zero-order valence-electron chi connectivity index (χ0n) is 33.7. The Morgan fingerprint density at radius 3 is 1.90 bits per heavy atom. The van der Waals surface area contributed by atoms with Crippen LogP contribution in [0.25, 0.3) is 90.1 Å². The van der Waals surface area contributed by atoms with E-state index >= 15 is 0 Å². The van der Waals surface area contributed by atoms with Crippen molar-refractivity contribution in [3.63, 3.8) is 0 Å². The summed E-state index contributed by atoms with van der Waals surface area (Å²) in [5.74, 6) is 0. The number of aromatic nitrogens is 1. The van der Waals surface area contributed by atoms with Crippen molar-refractivity contribution in [3.05, 3.63) is 205 Å². The van der Waals surface area contributed by atoms with E-state index < -0.39 is 0 Å². The van der Waals surface area contributed by atoms with E-state index in [1.165, 1.54) is 101 Å². The van der Waals surface area contributed by atoms with E-state index in [-0.39, 0.29) is 5.41 Å². The van der Waals surface area contributed by atoms with Crippen LogP contribution in [0.15, 0.2) is 194 Å². The number of benzene rings is 9. The molecule has 0 aliphatic heterocycles. The summed E-state index contributed by atoms with van der Waals surface area (Å²) in [6.45, 7) is 4.74. The molecule has 0 unspecified atom stereocenters. The van der Waals surface area contributed by atoms with Gasteiger partial charge in [-0.15, -0.1) is 22.7 Å². The van der Waals surface area contributed by atoms with Gasteiger partial charge in [-0.3, -0.25) is 0 Å². The minimum atomic E-state index is -0.0921. The van der Waals surface area contributed by atoms with E-state index in [9.17, 15) is 0 Å². The molecule has 0 N–H and O–H groups in total. The highest BCUT2D eigenvalue weighted by Crippen LogP contribution is 2.51. The van der Waals surface area contributed by atoms with Gasteiger partial charge < -0.3 is 9.47 Å². The summed E-state index contributed by atoms with van der Waals surface area (Å²) in [6, 6.07) is 72.4. The van der Waals surface area contributed by atoms with Crippen molar-refractivity contribution in [2.45, 2.75) is 19.3 Å². The number of hydrogen-bond acceptors (Lipinski definition) is 3. The number of para-hydroxylation sites is 2. The summed E-state index contributed by atoms with van der Waals surface area (Å²) >= 11 is 3.76. The average Bonchev–Trinajstić information content (AvgIpc) is 4.03. The van der Waals surface area contributed by atoms with Crippen LogP contribution < -0.4 is 4.90 Å². The molecule has 4 heteroatoms. The first-order valence-corrected chi connectivity index (χ1v) is 22.6. The summed E-state index contributed by atoms with van der Waals surface area (Å²) < 4.78 is 7.70. The fourth-order valence-electron chi connectivity index (χ4n) is 10.3. The van der Waals surface area contributed by atoms with Gasteiger partial charge in [0.05, 0.1) is 11.0 Å². The molecule has 0 bridgehead atoms. The van der Waals surface area contributed by atoms with Crippen LogP contribution in [-0.4, -0.2) is 4.57 Å². The Kier molecular flexibility index (Phi) is 7.43. The zero-order valence-corrected chi connectivity index (χ0v) is 35.3. The molecule has 0 spiro atoms. The molecule has 0 atom stereocenters. The van der Waals surface area contributed by atoms with Gasteiger partial charge in [0.25, 0.3) is 0 Å². The molecule has 2 nitrogen and oxygen atoms in total. The zero-order chi connectivity index (χ0) is 40.4. The topological polar surface area (TPSA) is 8.17 Å². The molecule has 0 saturated carbocycles. The largest absolute Gasteiger partial charge is 0.310 e. The second-order valence-corrected chi connectivity index (χ2v) is 19.0. The van der Waals surface area contributed by atoms with Gasteiger partial charge in [-0.1, -0.05) is 135 Å². The molecule has 9 aromatic carbocycles. The van der Waals surface area contributed by atoms with Crippen molar-refractivity contribution in [1.29, 1.82) is 0 Å². The van der Waals surface area contributed by atoms with Crippen molar-refractivity contribution in [2.75, 3.05) is 4.90 Å². The maximum atomic E-state index is 2.50. The molecule has 0 amide bonds. The average molecular weight is 815 g/mol. The van der Waals surface area contributed by atoms with Crippen LogP contribution in [0.5, 0.6) is 0 Å². The number of nitrogens with zero attached hydrogens (tertiary/aromatic N) is 2. The van der Waals surface area contributed by atoms with Gasteiger partial charge in [-0.2, -0.15) is 0 Å². The molecule has 3 aromatic heterocycles. The third-order valence-electron chi connectivity index (χ3n) is 13.2. The van der Waals surface area contributed by atoms with Gasteiger partial charge in [-0.25, -0.2) is 0 Å². The van der Waals surface area contributed by atoms with E-state index in [0.29, 0.717) is 0 Å². The number of rotatable bonds is 5. The molecule has 288 valence electrons. The molecule has 12 aromatic rings. The van der Waals surface area contributed by atoms with Gasteiger partial charge in [0.1, 0.15) is 0 Å². The van der Waals surface area contributed by atoms with E-state index in [0.717, 1.165) is 17.1 Å². The maximum Gasteiger partial charge on any atom is 0.0547 e. The van der Waals surface area contributed by atoms with Crippen LogP contribution in [-0.2, 0) is 5.41 Å². The van der Waals surface area contributed by atoms with Gasteiger partial charge in [0.2, 0.25) is 0 Å². The van der Waals surface area contributed by atoms with Crippen LogP contribution in [0.1, 0.15) is 25.0 Å². The Morgan fingerprint density at radius 1 is 0.393 bits per heavy atom. The third kappa shape index (κ3) is 5.13. The predicted octanol–water partition coefficient (Wildman–Crippen LogP) is 17.0. The summed E-state index contributed by atoms with van der Waals surface area (Å²) in [5, 5.41) is 7.70. The van der Waals surface area contributed by atoms with Gasteiger partial charge in [-0.05, 0) is 101 Å². The summed E-state index contributed by atoms with van der Waals surface area (Å²) in [7, 11) is 0. The highest BCUT2D eigenvalue weighted by Gasteiger charge is 2.35. The molecular formula is C57H38N2S2. The lowest BCUT2D eigenvalue weighted by atomic mass is 9.82. The number of thiophene rings is 2. The van der Waals surface area contributed by atoms with Gasteiger partial charge in [0, 0.05) is 84.8 Å². The van der Waals surface area contributed by atoms with E-state index in [2.05, 4.69) is 217 Å². The lowest BCUT2D eigenvalue weighted by Crippen LogP contribution is -2.15. The van der Waals surface area contributed by atoms with E-state index in [1.807, 2.05) is 22.7 Å². The van der Waals surface area contributed by atoms with Crippen molar-refractivity contribution in [3.8, 4) is 27.9 Å². The first-order chi connectivity index (χ1) is 30.0. The number of anilines is 3. The molecule has 1 aliphatic carbocycles. The number of fused-ring (bicyclic) bond motifs is 12. The maximum absolute atomic E-state index is 2.50. The smallest absolute Gasteiger partial charge is 0.0547 e. The highest BCUT2D eigenvalue weighted by atomic mass is 32.1.